The third kappa shape index (κ3) is 2.69. The van der Waals surface area contributed by atoms with Gasteiger partial charge in [0.25, 0.3) is 0 Å². The lowest BCUT2D eigenvalue weighted by Crippen LogP contribution is -1.92. The molecule has 0 unspecified atom stereocenters. The van der Waals surface area contributed by atoms with Gasteiger partial charge in [0, 0.05) is 48.2 Å². The zero-order valence-corrected chi connectivity index (χ0v) is 14.8. The Hall–Kier alpha value is -3.73. The second kappa shape index (κ2) is 6.21. The standard InChI is InChI=1S/C22H17N5/c1-26-22-9-8-16(20-14-23-13-17-6-2-3-7-18(17)20)12-19(22)21(25-26)15-24-27-10-4-5-11-27/h2-15H,1H3/b24-15-. The van der Waals surface area contributed by atoms with Crippen molar-refractivity contribution in [1.82, 2.24) is 19.4 Å². The number of aryl methyl sites for hydroxylation is 1. The highest BCUT2D eigenvalue weighted by atomic mass is 15.3. The number of benzene rings is 2. The molecule has 0 N–H and O–H groups in total. The highest BCUT2D eigenvalue weighted by Crippen LogP contribution is 2.30. The first-order chi connectivity index (χ1) is 13.3. The average Bonchev–Trinajstić information content (AvgIpc) is 3.34. The van der Waals surface area contributed by atoms with Crippen LogP contribution >= 0.6 is 0 Å². The maximum absolute atomic E-state index is 4.62. The number of nitrogens with zero attached hydrogens (tertiary/aromatic N) is 5. The van der Waals surface area contributed by atoms with Crippen molar-refractivity contribution in [3.05, 3.63) is 85.1 Å². The van der Waals surface area contributed by atoms with Gasteiger partial charge in [-0.3, -0.25) is 9.67 Å². The molecule has 0 aliphatic carbocycles. The first-order valence-corrected chi connectivity index (χ1v) is 8.77. The monoisotopic (exact) mass is 351 g/mol. The van der Waals surface area contributed by atoms with Crippen molar-refractivity contribution >= 4 is 27.9 Å². The minimum Gasteiger partial charge on any atom is -0.267 e. The fraction of sp³-hybridized carbons (Fsp3) is 0.0455. The summed E-state index contributed by atoms with van der Waals surface area (Å²) < 4.78 is 3.65. The molecule has 5 aromatic rings. The van der Waals surface area contributed by atoms with Gasteiger partial charge in [0.1, 0.15) is 5.69 Å². The van der Waals surface area contributed by atoms with Gasteiger partial charge in [-0.25, -0.2) is 4.68 Å². The Morgan fingerprint density at radius 2 is 1.78 bits per heavy atom. The molecule has 0 amide bonds. The van der Waals surface area contributed by atoms with Crippen LogP contribution in [0.15, 0.2) is 84.5 Å². The molecule has 0 aliphatic heterocycles. The lowest BCUT2D eigenvalue weighted by atomic mass is 9.99. The van der Waals surface area contributed by atoms with Crippen LogP contribution < -0.4 is 0 Å². The van der Waals surface area contributed by atoms with Gasteiger partial charge >= 0.3 is 0 Å². The Bertz CT molecular complexity index is 1270. The molecule has 5 rings (SSSR count). The molecule has 0 spiro atoms. The molecule has 5 nitrogen and oxygen atoms in total. The molecule has 5 heteroatoms. The predicted molar refractivity (Wildman–Crippen MR) is 109 cm³/mol. The highest BCUT2D eigenvalue weighted by Gasteiger charge is 2.10. The van der Waals surface area contributed by atoms with E-state index in [0.29, 0.717) is 0 Å². The van der Waals surface area contributed by atoms with Crippen molar-refractivity contribution in [3.63, 3.8) is 0 Å². The molecule has 3 aromatic heterocycles. The van der Waals surface area contributed by atoms with Gasteiger partial charge in [0.15, 0.2) is 0 Å². The summed E-state index contributed by atoms with van der Waals surface area (Å²) in [6.07, 6.45) is 9.42. The highest BCUT2D eigenvalue weighted by molar-refractivity contribution is 6.02. The van der Waals surface area contributed by atoms with E-state index in [1.165, 1.54) is 5.39 Å². The molecule has 0 radical (unpaired) electrons. The number of rotatable bonds is 3. The normalized spacial score (nSPS) is 11.7. The van der Waals surface area contributed by atoms with Crippen LogP contribution in [-0.4, -0.2) is 25.7 Å². The number of pyridine rings is 1. The zero-order valence-electron chi connectivity index (χ0n) is 14.8. The lowest BCUT2D eigenvalue weighted by Gasteiger charge is -2.06. The van der Waals surface area contributed by atoms with Gasteiger partial charge < -0.3 is 0 Å². The van der Waals surface area contributed by atoms with Gasteiger partial charge in [0.05, 0.1) is 11.7 Å². The van der Waals surface area contributed by atoms with Gasteiger partial charge in [-0.15, -0.1) is 0 Å². The van der Waals surface area contributed by atoms with Gasteiger partial charge in [0.2, 0.25) is 0 Å². The fourth-order valence-electron chi connectivity index (χ4n) is 3.43. The molecular formula is C22H17N5. The van der Waals surface area contributed by atoms with E-state index in [9.17, 15) is 0 Å². The summed E-state index contributed by atoms with van der Waals surface area (Å²) in [5.41, 5.74) is 4.15. The molecule has 0 bridgehead atoms. The largest absolute Gasteiger partial charge is 0.267 e. The van der Waals surface area contributed by atoms with Crippen LogP contribution in [0, 0.1) is 0 Å². The van der Waals surface area contributed by atoms with Gasteiger partial charge in [-0.05, 0) is 35.2 Å². The summed E-state index contributed by atoms with van der Waals surface area (Å²) in [7, 11) is 1.95. The predicted octanol–water partition coefficient (Wildman–Crippen LogP) is 4.47. The Balaban J connectivity index is 1.67. The summed E-state index contributed by atoms with van der Waals surface area (Å²) in [5, 5.41) is 12.5. The molecule has 0 aliphatic rings. The number of aromatic nitrogens is 4. The molecule has 3 heterocycles. The van der Waals surface area contributed by atoms with Crippen molar-refractivity contribution < 1.29 is 0 Å². The van der Waals surface area contributed by atoms with Crippen LogP contribution in [0.25, 0.3) is 32.8 Å². The van der Waals surface area contributed by atoms with E-state index in [0.717, 1.165) is 33.1 Å². The van der Waals surface area contributed by atoms with Gasteiger partial charge in [-0.1, -0.05) is 30.3 Å². The smallest absolute Gasteiger partial charge is 0.113 e. The van der Waals surface area contributed by atoms with Crippen LogP contribution in [0.1, 0.15) is 5.69 Å². The van der Waals surface area contributed by atoms with E-state index in [1.807, 2.05) is 54.7 Å². The molecule has 0 saturated carbocycles. The summed E-state index contributed by atoms with van der Waals surface area (Å²) in [5.74, 6) is 0. The molecular weight excluding hydrogens is 334 g/mol. The Kier molecular flexibility index (Phi) is 3.57. The lowest BCUT2D eigenvalue weighted by molar-refractivity contribution is 0.792. The third-order valence-electron chi connectivity index (χ3n) is 4.76. The number of hydrogen-bond donors (Lipinski definition) is 0. The third-order valence-corrected chi connectivity index (χ3v) is 4.76. The van der Waals surface area contributed by atoms with Crippen LogP contribution in [0.5, 0.6) is 0 Å². The topological polar surface area (TPSA) is 48.0 Å². The number of hydrogen-bond acceptors (Lipinski definition) is 3. The maximum atomic E-state index is 4.62. The van der Waals surface area contributed by atoms with E-state index >= 15 is 0 Å². The minimum atomic E-state index is 0.844. The average molecular weight is 351 g/mol. The zero-order chi connectivity index (χ0) is 18.2. The van der Waals surface area contributed by atoms with Crippen LogP contribution in [0.4, 0.5) is 0 Å². The molecule has 27 heavy (non-hydrogen) atoms. The van der Waals surface area contributed by atoms with E-state index in [4.69, 9.17) is 0 Å². The summed E-state index contributed by atoms with van der Waals surface area (Å²) in [4.78, 5) is 4.42. The van der Waals surface area contributed by atoms with Gasteiger partial charge in [-0.2, -0.15) is 10.2 Å². The molecule has 0 atom stereocenters. The SMILES string of the molecule is Cn1nc(/C=N\n2cccc2)c2cc(-c3cncc4ccccc34)ccc21. The van der Waals surface area contributed by atoms with Crippen molar-refractivity contribution in [1.29, 1.82) is 0 Å². The van der Waals surface area contributed by atoms with Crippen LogP contribution in [-0.2, 0) is 7.05 Å². The van der Waals surface area contributed by atoms with E-state index in [1.54, 1.807) is 10.9 Å². The number of fused-ring (bicyclic) bond motifs is 2. The fourth-order valence-corrected chi connectivity index (χ4v) is 3.43. The Labute approximate surface area is 156 Å². The van der Waals surface area contributed by atoms with Crippen molar-refractivity contribution in [2.24, 2.45) is 12.1 Å². The second-order valence-corrected chi connectivity index (χ2v) is 6.46. The minimum absolute atomic E-state index is 0.844. The molecule has 0 fully saturated rings. The summed E-state index contributed by atoms with van der Waals surface area (Å²) in [6.45, 7) is 0. The molecule has 0 saturated heterocycles. The van der Waals surface area contributed by atoms with Crippen molar-refractivity contribution in [3.8, 4) is 11.1 Å². The summed E-state index contributed by atoms with van der Waals surface area (Å²) in [6, 6.07) is 18.6. The quantitative estimate of drug-likeness (QED) is 0.450. The van der Waals surface area contributed by atoms with Crippen LogP contribution in [0.3, 0.4) is 0 Å². The van der Waals surface area contributed by atoms with E-state index in [2.05, 4.69) is 51.6 Å². The van der Waals surface area contributed by atoms with Crippen LogP contribution in [0.2, 0.25) is 0 Å². The van der Waals surface area contributed by atoms with E-state index in [-0.39, 0.29) is 0 Å². The van der Waals surface area contributed by atoms with Crippen molar-refractivity contribution in [2.75, 3.05) is 0 Å². The first kappa shape index (κ1) is 15.5. The van der Waals surface area contributed by atoms with Crippen molar-refractivity contribution in [2.45, 2.75) is 0 Å². The molecule has 2 aromatic carbocycles. The molecule has 130 valence electrons. The van der Waals surface area contributed by atoms with E-state index < -0.39 is 0 Å². The second-order valence-electron chi connectivity index (χ2n) is 6.46. The summed E-state index contributed by atoms with van der Waals surface area (Å²) >= 11 is 0. The Morgan fingerprint density at radius 1 is 0.926 bits per heavy atom. The first-order valence-electron chi connectivity index (χ1n) is 8.77. The Morgan fingerprint density at radius 3 is 2.67 bits per heavy atom. The maximum Gasteiger partial charge on any atom is 0.113 e.